The van der Waals surface area contributed by atoms with Gasteiger partial charge in [0.05, 0.1) is 20.1 Å². The molecule has 2 aromatic rings. The minimum Gasteiger partial charge on any atom is -0.497 e. The molecule has 1 amide bonds. The van der Waals surface area contributed by atoms with E-state index in [4.69, 9.17) is 9.47 Å². The molecular formula is C20H23NO3. The van der Waals surface area contributed by atoms with Crippen molar-refractivity contribution < 1.29 is 14.3 Å². The second-order valence-corrected chi connectivity index (χ2v) is 6.05. The summed E-state index contributed by atoms with van der Waals surface area (Å²) >= 11 is 0. The lowest BCUT2D eigenvalue weighted by atomic mass is 9.88. The summed E-state index contributed by atoms with van der Waals surface area (Å²) in [4.78, 5) is 14.9. The molecule has 1 unspecified atom stereocenters. The van der Waals surface area contributed by atoms with Crippen molar-refractivity contribution in [1.29, 1.82) is 0 Å². The van der Waals surface area contributed by atoms with Crippen LogP contribution >= 0.6 is 0 Å². The number of hydrogen-bond donors (Lipinski definition) is 0. The number of carbonyl (C=O) groups is 1. The van der Waals surface area contributed by atoms with Gasteiger partial charge in [-0.2, -0.15) is 0 Å². The smallest absolute Gasteiger partial charge is 0.230 e. The second kappa shape index (κ2) is 7.39. The van der Waals surface area contributed by atoms with Crippen LogP contribution in [0, 0.1) is 0 Å². The Kier molecular flexibility index (Phi) is 5.04. The van der Waals surface area contributed by atoms with Crippen LogP contribution in [0.25, 0.3) is 0 Å². The Morgan fingerprint density at radius 3 is 2.58 bits per heavy atom. The van der Waals surface area contributed by atoms with E-state index in [0.717, 1.165) is 36.3 Å². The molecule has 3 rings (SSSR count). The molecule has 0 aromatic heterocycles. The number of rotatable bonds is 5. The number of piperidine rings is 1. The predicted molar refractivity (Wildman–Crippen MR) is 93.4 cm³/mol. The molecule has 1 aliphatic rings. The number of benzene rings is 2. The second-order valence-electron chi connectivity index (χ2n) is 6.05. The van der Waals surface area contributed by atoms with Crippen LogP contribution < -0.4 is 9.47 Å². The van der Waals surface area contributed by atoms with Crippen molar-refractivity contribution in [3.05, 3.63) is 59.7 Å². The van der Waals surface area contributed by atoms with E-state index in [1.165, 1.54) is 0 Å². The number of nitrogens with zero attached hydrogens (tertiary/aromatic N) is 1. The van der Waals surface area contributed by atoms with Gasteiger partial charge in [0.1, 0.15) is 11.5 Å². The van der Waals surface area contributed by atoms with E-state index >= 15 is 0 Å². The Bertz CT molecular complexity index is 699. The fraction of sp³-hybridized carbons (Fsp3) is 0.350. The van der Waals surface area contributed by atoms with Gasteiger partial charge in [0.25, 0.3) is 0 Å². The molecule has 1 atom stereocenters. The molecule has 0 bridgehead atoms. The molecule has 0 aliphatic carbocycles. The van der Waals surface area contributed by atoms with E-state index in [9.17, 15) is 4.79 Å². The Morgan fingerprint density at radius 1 is 1.08 bits per heavy atom. The lowest BCUT2D eigenvalue weighted by Crippen LogP contribution is -2.39. The van der Waals surface area contributed by atoms with Crippen molar-refractivity contribution in [2.45, 2.75) is 25.3 Å². The average molecular weight is 325 g/mol. The predicted octanol–water partition coefficient (Wildman–Crippen LogP) is 3.61. The summed E-state index contributed by atoms with van der Waals surface area (Å²) in [5.74, 6) is 1.48. The summed E-state index contributed by atoms with van der Waals surface area (Å²) in [5, 5.41) is 0. The van der Waals surface area contributed by atoms with Crippen LogP contribution in [0.5, 0.6) is 11.5 Å². The first kappa shape index (κ1) is 16.4. The minimum absolute atomic E-state index is 0.150. The van der Waals surface area contributed by atoms with Crippen molar-refractivity contribution in [2.75, 3.05) is 20.8 Å². The van der Waals surface area contributed by atoms with Gasteiger partial charge in [0, 0.05) is 24.7 Å². The maximum absolute atomic E-state index is 13.0. The number of likely N-dealkylation sites (tertiary alicyclic amines) is 1. The summed E-state index contributed by atoms with van der Waals surface area (Å²) < 4.78 is 10.7. The SMILES string of the molecule is COc1ccc(C2CCCN(Cc3ccccc3)C2=O)c(OC)c1. The van der Waals surface area contributed by atoms with Gasteiger partial charge in [0.2, 0.25) is 5.91 Å². The van der Waals surface area contributed by atoms with Gasteiger partial charge in [-0.1, -0.05) is 36.4 Å². The molecule has 0 radical (unpaired) electrons. The van der Waals surface area contributed by atoms with Crippen LogP contribution in [-0.2, 0) is 11.3 Å². The maximum atomic E-state index is 13.0. The standard InChI is InChI=1S/C20H23NO3/c1-23-16-10-11-17(19(13-16)24-2)18-9-6-12-21(20(18)22)14-15-7-4-3-5-8-15/h3-5,7-8,10-11,13,18H,6,9,12,14H2,1-2H3. The van der Waals surface area contributed by atoms with Gasteiger partial charge in [-0.05, 0) is 24.5 Å². The van der Waals surface area contributed by atoms with E-state index < -0.39 is 0 Å². The highest BCUT2D eigenvalue weighted by Crippen LogP contribution is 2.36. The normalized spacial score (nSPS) is 17.7. The summed E-state index contributed by atoms with van der Waals surface area (Å²) in [6.07, 6.45) is 1.85. The molecule has 126 valence electrons. The maximum Gasteiger partial charge on any atom is 0.230 e. The van der Waals surface area contributed by atoms with Gasteiger partial charge >= 0.3 is 0 Å². The van der Waals surface area contributed by atoms with E-state index in [1.54, 1.807) is 14.2 Å². The molecule has 2 aromatic carbocycles. The lowest BCUT2D eigenvalue weighted by molar-refractivity contribution is -0.135. The number of amides is 1. The van der Waals surface area contributed by atoms with Gasteiger partial charge in [0.15, 0.2) is 0 Å². The van der Waals surface area contributed by atoms with Gasteiger partial charge in [-0.3, -0.25) is 4.79 Å². The molecule has 0 saturated carbocycles. The van der Waals surface area contributed by atoms with Crippen molar-refractivity contribution in [2.24, 2.45) is 0 Å². The zero-order valence-electron chi connectivity index (χ0n) is 14.2. The molecule has 1 aliphatic heterocycles. The molecule has 1 heterocycles. The number of methoxy groups -OCH3 is 2. The summed E-state index contributed by atoms with van der Waals surface area (Å²) in [6.45, 7) is 1.47. The summed E-state index contributed by atoms with van der Waals surface area (Å²) in [6, 6.07) is 15.8. The molecular weight excluding hydrogens is 302 g/mol. The van der Waals surface area contributed by atoms with Gasteiger partial charge in [-0.25, -0.2) is 0 Å². The highest BCUT2D eigenvalue weighted by Gasteiger charge is 2.31. The Hall–Kier alpha value is -2.49. The number of ether oxygens (including phenoxy) is 2. The van der Waals surface area contributed by atoms with Crippen LogP contribution in [0.15, 0.2) is 48.5 Å². The third kappa shape index (κ3) is 3.37. The molecule has 0 spiro atoms. The highest BCUT2D eigenvalue weighted by molar-refractivity contribution is 5.85. The lowest BCUT2D eigenvalue weighted by Gasteiger charge is -2.33. The Balaban J connectivity index is 1.82. The molecule has 1 fully saturated rings. The van der Waals surface area contributed by atoms with E-state index in [2.05, 4.69) is 12.1 Å². The molecule has 4 heteroatoms. The van der Waals surface area contributed by atoms with E-state index in [1.807, 2.05) is 41.3 Å². The fourth-order valence-electron chi connectivity index (χ4n) is 3.30. The van der Waals surface area contributed by atoms with Crippen LogP contribution in [0.2, 0.25) is 0 Å². The van der Waals surface area contributed by atoms with Gasteiger partial charge < -0.3 is 14.4 Å². The Labute approximate surface area is 143 Å². The third-order valence-electron chi connectivity index (χ3n) is 4.56. The molecule has 0 N–H and O–H groups in total. The average Bonchev–Trinajstić information content (AvgIpc) is 2.64. The van der Waals surface area contributed by atoms with Gasteiger partial charge in [-0.15, -0.1) is 0 Å². The first-order valence-electron chi connectivity index (χ1n) is 8.27. The Morgan fingerprint density at radius 2 is 1.88 bits per heavy atom. The van der Waals surface area contributed by atoms with Crippen LogP contribution in [0.4, 0.5) is 0 Å². The fourth-order valence-corrected chi connectivity index (χ4v) is 3.30. The van der Waals surface area contributed by atoms with E-state index in [-0.39, 0.29) is 11.8 Å². The van der Waals surface area contributed by atoms with Crippen molar-refractivity contribution in [1.82, 2.24) is 4.90 Å². The zero-order chi connectivity index (χ0) is 16.9. The van der Waals surface area contributed by atoms with E-state index in [0.29, 0.717) is 12.3 Å². The number of carbonyl (C=O) groups excluding carboxylic acids is 1. The third-order valence-corrected chi connectivity index (χ3v) is 4.56. The van der Waals surface area contributed by atoms with Crippen molar-refractivity contribution >= 4 is 5.91 Å². The highest BCUT2D eigenvalue weighted by atomic mass is 16.5. The van der Waals surface area contributed by atoms with Crippen molar-refractivity contribution in [3.8, 4) is 11.5 Å². The summed E-state index contributed by atoms with van der Waals surface area (Å²) in [5.41, 5.74) is 2.11. The first-order chi connectivity index (χ1) is 11.7. The minimum atomic E-state index is -0.150. The van der Waals surface area contributed by atoms with Crippen LogP contribution in [0.3, 0.4) is 0 Å². The quantitative estimate of drug-likeness (QED) is 0.843. The zero-order valence-corrected chi connectivity index (χ0v) is 14.2. The monoisotopic (exact) mass is 325 g/mol. The largest absolute Gasteiger partial charge is 0.497 e. The van der Waals surface area contributed by atoms with Crippen LogP contribution in [-0.4, -0.2) is 31.6 Å². The first-order valence-corrected chi connectivity index (χ1v) is 8.27. The molecule has 4 nitrogen and oxygen atoms in total. The topological polar surface area (TPSA) is 38.8 Å². The van der Waals surface area contributed by atoms with Crippen molar-refractivity contribution in [3.63, 3.8) is 0 Å². The van der Waals surface area contributed by atoms with Crippen LogP contribution in [0.1, 0.15) is 29.9 Å². The molecule has 24 heavy (non-hydrogen) atoms. The summed E-state index contributed by atoms with van der Waals surface area (Å²) in [7, 11) is 3.26. The molecule has 1 saturated heterocycles. The number of hydrogen-bond acceptors (Lipinski definition) is 3.